The zero-order chi connectivity index (χ0) is 19.3. The number of aromatic nitrogens is 2. The molecule has 0 spiro atoms. The van der Waals surface area contributed by atoms with E-state index in [1.54, 1.807) is 11.7 Å². The minimum Gasteiger partial charge on any atom is -0.493 e. The lowest BCUT2D eigenvalue weighted by Gasteiger charge is -2.14. The number of para-hydroxylation sites is 1. The SMILES string of the molecule is Cc1ccccc1OCCC(=O)O[C@@H](C)C(=O)Nc1c(C)nn(C)c1C. The number of carbonyl (C=O) groups excluding carboxylic acids is 2. The molecule has 0 aliphatic rings. The highest BCUT2D eigenvalue weighted by Crippen LogP contribution is 2.19. The number of amides is 1. The van der Waals surface area contributed by atoms with Gasteiger partial charge in [-0.2, -0.15) is 5.10 Å². The van der Waals surface area contributed by atoms with Gasteiger partial charge >= 0.3 is 5.97 Å². The first-order valence-corrected chi connectivity index (χ1v) is 8.48. The molecule has 26 heavy (non-hydrogen) atoms. The van der Waals surface area contributed by atoms with Crippen LogP contribution in [0.5, 0.6) is 5.75 Å². The molecule has 0 aliphatic carbocycles. The average Bonchev–Trinajstić information content (AvgIpc) is 2.82. The molecule has 0 unspecified atom stereocenters. The van der Waals surface area contributed by atoms with Crippen LogP contribution in [0.1, 0.15) is 30.3 Å². The molecule has 1 amide bonds. The maximum atomic E-state index is 12.2. The Hall–Kier alpha value is -2.83. The number of hydrogen-bond acceptors (Lipinski definition) is 5. The van der Waals surface area contributed by atoms with Crippen molar-refractivity contribution in [3.63, 3.8) is 0 Å². The zero-order valence-electron chi connectivity index (χ0n) is 15.8. The lowest BCUT2D eigenvalue weighted by molar-refractivity contribution is -0.153. The van der Waals surface area contributed by atoms with E-state index in [0.29, 0.717) is 11.4 Å². The van der Waals surface area contributed by atoms with Gasteiger partial charge in [0.15, 0.2) is 6.10 Å². The summed E-state index contributed by atoms with van der Waals surface area (Å²) in [5.74, 6) is -0.146. The van der Waals surface area contributed by atoms with Crippen LogP contribution in [0.4, 0.5) is 5.69 Å². The fraction of sp³-hybridized carbons (Fsp3) is 0.421. The van der Waals surface area contributed by atoms with Crippen LogP contribution in [0.25, 0.3) is 0 Å². The number of ether oxygens (including phenoxy) is 2. The number of rotatable bonds is 7. The molecule has 1 heterocycles. The molecule has 2 aromatic rings. The van der Waals surface area contributed by atoms with Gasteiger partial charge in [0.25, 0.3) is 5.91 Å². The topological polar surface area (TPSA) is 82.4 Å². The highest BCUT2D eigenvalue weighted by atomic mass is 16.5. The molecular formula is C19H25N3O4. The molecule has 2 rings (SSSR count). The summed E-state index contributed by atoms with van der Waals surface area (Å²) >= 11 is 0. The van der Waals surface area contributed by atoms with E-state index in [0.717, 1.165) is 17.0 Å². The summed E-state index contributed by atoms with van der Waals surface area (Å²) < 4.78 is 12.4. The number of hydrogen-bond donors (Lipinski definition) is 1. The van der Waals surface area contributed by atoms with E-state index in [4.69, 9.17) is 9.47 Å². The number of esters is 1. The van der Waals surface area contributed by atoms with Crippen LogP contribution in [0.15, 0.2) is 24.3 Å². The predicted octanol–water partition coefficient (Wildman–Crippen LogP) is 2.68. The van der Waals surface area contributed by atoms with E-state index in [1.165, 1.54) is 6.92 Å². The minimum absolute atomic E-state index is 0.0664. The summed E-state index contributed by atoms with van der Waals surface area (Å²) in [6.07, 6.45) is -0.836. The Morgan fingerprint density at radius 1 is 1.23 bits per heavy atom. The van der Waals surface area contributed by atoms with Gasteiger partial charge in [0.05, 0.1) is 30.1 Å². The first-order valence-electron chi connectivity index (χ1n) is 8.48. The Labute approximate surface area is 153 Å². The monoisotopic (exact) mass is 359 g/mol. The number of nitrogens with zero attached hydrogens (tertiary/aromatic N) is 2. The molecule has 1 N–H and O–H groups in total. The molecule has 0 saturated carbocycles. The molecule has 0 fully saturated rings. The molecule has 140 valence electrons. The van der Waals surface area contributed by atoms with Gasteiger partial charge in [-0.3, -0.25) is 14.3 Å². The largest absolute Gasteiger partial charge is 0.493 e. The second-order valence-corrected chi connectivity index (χ2v) is 6.15. The Kier molecular flexibility index (Phi) is 6.38. The number of nitrogens with one attached hydrogen (secondary N) is 1. The number of aryl methyl sites for hydroxylation is 3. The second-order valence-electron chi connectivity index (χ2n) is 6.15. The molecule has 7 nitrogen and oxygen atoms in total. The van der Waals surface area contributed by atoms with Crippen LogP contribution < -0.4 is 10.1 Å². The minimum atomic E-state index is -0.903. The van der Waals surface area contributed by atoms with E-state index < -0.39 is 18.0 Å². The summed E-state index contributed by atoms with van der Waals surface area (Å²) in [4.78, 5) is 24.2. The van der Waals surface area contributed by atoms with E-state index >= 15 is 0 Å². The quantitative estimate of drug-likeness (QED) is 0.769. The lowest BCUT2D eigenvalue weighted by atomic mass is 10.2. The molecule has 0 radical (unpaired) electrons. The van der Waals surface area contributed by atoms with Gasteiger partial charge < -0.3 is 14.8 Å². The zero-order valence-corrected chi connectivity index (χ0v) is 15.8. The van der Waals surface area contributed by atoms with Crippen molar-refractivity contribution >= 4 is 17.6 Å². The van der Waals surface area contributed by atoms with E-state index in [-0.39, 0.29) is 13.0 Å². The molecule has 0 bridgehead atoms. The predicted molar refractivity (Wildman–Crippen MR) is 98.2 cm³/mol. The van der Waals surface area contributed by atoms with Crippen LogP contribution in [-0.2, 0) is 21.4 Å². The van der Waals surface area contributed by atoms with E-state index in [1.807, 2.05) is 45.0 Å². The molecule has 0 aliphatic heterocycles. The first-order chi connectivity index (χ1) is 12.3. The number of anilines is 1. The van der Waals surface area contributed by atoms with E-state index in [9.17, 15) is 9.59 Å². The van der Waals surface area contributed by atoms with Gasteiger partial charge in [-0.15, -0.1) is 0 Å². The Bertz CT molecular complexity index is 798. The third-order valence-corrected chi connectivity index (χ3v) is 4.09. The Morgan fingerprint density at radius 2 is 1.92 bits per heavy atom. The summed E-state index contributed by atoms with van der Waals surface area (Å²) in [7, 11) is 1.80. The van der Waals surface area contributed by atoms with Crippen molar-refractivity contribution in [2.24, 2.45) is 7.05 Å². The van der Waals surface area contributed by atoms with Crippen molar-refractivity contribution < 1.29 is 19.1 Å². The lowest BCUT2D eigenvalue weighted by Crippen LogP contribution is -2.30. The van der Waals surface area contributed by atoms with E-state index in [2.05, 4.69) is 10.4 Å². The van der Waals surface area contributed by atoms with Crippen LogP contribution >= 0.6 is 0 Å². The number of carbonyl (C=O) groups is 2. The maximum absolute atomic E-state index is 12.2. The summed E-state index contributed by atoms with van der Waals surface area (Å²) in [6, 6.07) is 7.57. The second kappa shape index (κ2) is 8.51. The number of benzene rings is 1. The summed E-state index contributed by atoms with van der Waals surface area (Å²) in [5, 5.41) is 7.00. The Balaban J connectivity index is 1.80. The standard InChI is InChI=1S/C19H25N3O4/c1-12-8-6-7-9-16(12)25-11-10-17(23)26-15(4)19(24)20-18-13(2)21-22(5)14(18)3/h6-9,15H,10-11H2,1-5H3,(H,20,24)/t15-/m0/s1. The summed E-state index contributed by atoms with van der Waals surface area (Å²) in [6.45, 7) is 7.33. The van der Waals surface area contributed by atoms with Crippen molar-refractivity contribution in [3.8, 4) is 5.75 Å². The smallest absolute Gasteiger partial charge is 0.310 e. The van der Waals surface area contributed by atoms with Gasteiger partial charge in [0.1, 0.15) is 5.75 Å². The molecule has 1 aromatic heterocycles. The normalized spacial score (nSPS) is 11.7. The van der Waals surface area contributed by atoms with Crippen molar-refractivity contribution in [1.82, 2.24) is 9.78 Å². The molecule has 1 atom stereocenters. The van der Waals surface area contributed by atoms with Crippen molar-refractivity contribution in [2.75, 3.05) is 11.9 Å². The van der Waals surface area contributed by atoms with Gasteiger partial charge in [0, 0.05) is 7.05 Å². The maximum Gasteiger partial charge on any atom is 0.310 e. The fourth-order valence-electron chi connectivity index (χ4n) is 2.45. The van der Waals surface area contributed by atoms with Crippen LogP contribution in [0.2, 0.25) is 0 Å². The van der Waals surface area contributed by atoms with Crippen molar-refractivity contribution in [2.45, 2.75) is 40.2 Å². The van der Waals surface area contributed by atoms with Crippen LogP contribution in [0, 0.1) is 20.8 Å². The van der Waals surface area contributed by atoms with Crippen LogP contribution in [-0.4, -0.2) is 34.4 Å². The highest BCUT2D eigenvalue weighted by Gasteiger charge is 2.20. The molecular weight excluding hydrogens is 334 g/mol. The molecule has 7 heteroatoms. The third-order valence-electron chi connectivity index (χ3n) is 4.09. The highest BCUT2D eigenvalue weighted by molar-refractivity contribution is 5.96. The third kappa shape index (κ3) is 4.84. The van der Waals surface area contributed by atoms with Gasteiger partial charge in [0.2, 0.25) is 0 Å². The van der Waals surface area contributed by atoms with Gasteiger partial charge in [-0.1, -0.05) is 18.2 Å². The van der Waals surface area contributed by atoms with Gasteiger partial charge in [-0.25, -0.2) is 0 Å². The fourth-order valence-corrected chi connectivity index (χ4v) is 2.45. The average molecular weight is 359 g/mol. The van der Waals surface area contributed by atoms with Gasteiger partial charge in [-0.05, 0) is 39.3 Å². The molecule has 0 saturated heterocycles. The molecule has 1 aromatic carbocycles. The summed E-state index contributed by atoms with van der Waals surface area (Å²) in [5.41, 5.74) is 3.18. The van der Waals surface area contributed by atoms with Crippen molar-refractivity contribution in [1.29, 1.82) is 0 Å². The Morgan fingerprint density at radius 3 is 2.54 bits per heavy atom. The first kappa shape index (κ1) is 19.5. The van der Waals surface area contributed by atoms with Crippen LogP contribution in [0.3, 0.4) is 0 Å². The van der Waals surface area contributed by atoms with Crippen molar-refractivity contribution in [3.05, 3.63) is 41.2 Å².